The van der Waals surface area contributed by atoms with E-state index in [4.69, 9.17) is 0 Å². The summed E-state index contributed by atoms with van der Waals surface area (Å²) in [7, 11) is 2.08. The second-order valence-electron chi connectivity index (χ2n) is 5.16. The summed E-state index contributed by atoms with van der Waals surface area (Å²) in [6.07, 6.45) is 2.15. The smallest absolute Gasteiger partial charge is 0.319 e. The van der Waals surface area contributed by atoms with Gasteiger partial charge in [-0.1, -0.05) is 0 Å². The third kappa shape index (κ3) is 2.46. The number of piperidine rings is 1. The minimum atomic E-state index is -0.336. The van der Waals surface area contributed by atoms with Crippen LogP contribution >= 0.6 is 11.3 Å². The highest BCUT2D eigenvalue weighted by Gasteiger charge is 2.24. The molecule has 6 nitrogen and oxygen atoms in total. The summed E-state index contributed by atoms with van der Waals surface area (Å²) in [6, 6.07) is 3.95. The van der Waals surface area contributed by atoms with Gasteiger partial charge in [-0.2, -0.15) is 0 Å². The van der Waals surface area contributed by atoms with E-state index in [-0.39, 0.29) is 16.7 Å². The zero-order valence-electron chi connectivity index (χ0n) is 11.2. The SMILES string of the molecule is CN1CCCC(Nc2ccc3scnc3c2[N+](=O)[O-])C1. The lowest BCUT2D eigenvalue weighted by Crippen LogP contribution is -2.39. The van der Waals surface area contributed by atoms with Crippen LogP contribution in [0.4, 0.5) is 11.4 Å². The zero-order chi connectivity index (χ0) is 14.1. The Kier molecular flexibility index (Phi) is 3.54. The molecule has 2 aromatic rings. The Morgan fingerprint density at radius 3 is 3.15 bits per heavy atom. The summed E-state index contributed by atoms with van der Waals surface area (Å²) in [5, 5.41) is 14.7. The number of fused-ring (bicyclic) bond motifs is 1. The molecule has 0 saturated carbocycles. The fourth-order valence-corrected chi connectivity index (χ4v) is 3.40. The van der Waals surface area contributed by atoms with Crippen molar-refractivity contribution >= 4 is 32.9 Å². The first kappa shape index (κ1) is 13.3. The Balaban J connectivity index is 1.94. The molecule has 1 aliphatic heterocycles. The molecule has 1 aromatic heterocycles. The zero-order valence-corrected chi connectivity index (χ0v) is 12.0. The predicted molar refractivity (Wildman–Crippen MR) is 80.4 cm³/mol. The lowest BCUT2D eigenvalue weighted by Gasteiger charge is -2.30. The molecule has 1 aliphatic rings. The van der Waals surface area contributed by atoms with Crippen LogP contribution in [0.3, 0.4) is 0 Å². The number of hydrogen-bond donors (Lipinski definition) is 1. The second kappa shape index (κ2) is 5.34. The third-order valence-corrected chi connectivity index (χ3v) is 4.44. The topological polar surface area (TPSA) is 71.3 Å². The number of anilines is 1. The average molecular weight is 292 g/mol. The van der Waals surface area contributed by atoms with Crippen molar-refractivity contribution in [2.24, 2.45) is 0 Å². The number of nitro benzene ring substituents is 1. The maximum atomic E-state index is 11.4. The van der Waals surface area contributed by atoms with Crippen LogP contribution in [0, 0.1) is 10.1 Å². The highest BCUT2D eigenvalue weighted by atomic mass is 32.1. The number of likely N-dealkylation sites (tertiary alicyclic amines) is 1. The van der Waals surface area contributed by atoms with E-state index in [9.17, 15) is 10.1 Å². The van der Waals surface area contributed by atoms with Crippen LogP contribution < -0.4 is 5.32 Å². The molecule has 0 radical (unpaired) electrons. The van der Waals surface area contributed by atoms with Gasteiger partial charge in [0.05, 0.1) is 15.1 Å². The van der Waals surface area contributed by atoms with Crippen LogP contribution in [0.2, 0.25) is 0 Å². The quantitative estimate of drug-likeness (QED) is 0.695. The lowest BCUT2D eigenvalue weighted by atomic mass is 10.1. The van der Waals surface area contributed by atoms with Gasteiger partial charge >= 0.3 is 5.69 Å². The molecule has 3 rings (SSSR count). The van der Waals surface area contributed by atoms with Gasteiger partial charge in [-0.15, -0.1) is 11.3 Å². The molecule has 0 amide bonds. The Bertz CT molecular complexity index is 642. The average Bonchev–Trinajstić information content (AvgIpc) is 2.86. The molecule has 1 saturated heterocycles. The summed E-state index contributed by atoms with van der Waals surface area (Å²) >= 11 is 1.42. The van der Waals surface area contributed by atoms with E-state index in [0.717, 1.165) is 30.6 Å². The molecule has 2 heterocycles. The molecular formula is C13H16N4O2S. The first-order valence-corrected chi connectivity index (χ1v) is 7.49. The number of benzene rings is 1. The number of aromatic nitrogens is 1. The number of thiazole rings is 1. The van der Waals surface area contributed by atoms with E-state index in [1.807, 2.05) is 6.07 Å². The molecule has 106 valence electrons. The van der Waals surface area contributed by atoms with Gasteiger partial charge in [-0.05, 0) is 38.6 Å². The van der Waals surface area contributed by atoms with Gasteiger partial charge in [0.2, 0.25) is 0 Å². The maximum Gasteiger partial charge on any atom is 0.319 e. The summed E-state index contributed by atoms with van der Waals surface area (Å²) in [6.45, 7) is 2.00. The maximum absolute atomic E-state index is 11.4. The first-order valence-electron chi connectivity index (χ1n) is 6.61. The summed E-state index contributed by atoms with van der Waals surface area (Å²) < 4.78 is 0.850. The number of rotatable bonds is 3. The number of likely N-dealkylation sites (N-methyl/N-ethyl adjacent to an activating group) is 1. The number of nitro groups is 1. The fourth-order valence-electron chi connectivity index (χ4n) is 2.72. The van der Waals surface area contributed by atoms with E-state index in [0.29, 0.717) is 11.2 Å². The van der Waals surface area contributed by atoms with Gasteiger partial charge in [0.1, 0.15) is 5.69 Å². The van der Waals surface area contributed by atoms with Crippen molar-refractivity contribution in [3.05, 3.63) is 27.8 Å². The molecule has 1 atom stereocenters. The molecule has 1 N–H and O–H groups in total. The largest absolute Gasteiger partial charge is 0.375 e. The third-order valence-electron chi connectivity index (χ3n) is 3.64. The van der Waals surface area contributed by atoms with Crippen LogP contribution in [-0.4, -0.2) is 41.0 Å². The highest BCUT2D eigenvalue weighted by Crippen LogP contribution is 2.35. The summed E-state index contributed by atoms with van der Waals surface area (Å²) in [5.74, 6) is 0. The van der Waals surface area contributed by atoms with Crippen LogP contribution in [-0.2, 0) is 0 Å². The first-order chi connectivity index (χ1) is 9.65. The Hall–Kier alpha value is -1.73. The van der Waals surface area contributed by atoms with Crippen molar-refractivity contribution in [3.63, 3.8) is 0 Å². The molecule has 0 bridgehead atoms. The Morgan fingerprint density at radius 1 is 1.55 bits per heavy atom. The van der Waals surface area contributed by atoms with E-state index in [2.05, 4.69) is 22.2 Å². The van der Waals surface area contributed by atoms with Gasteiger partial charge in [0, 0.05) is 12.6 Å². The summed E-state index contributed by atoms with van der Waals surface area (Å²) in [5.41, 5.74) is 2.80. The van der Waals surface area contributed by atoms with Crippen molar-refractivity contribution in [2.75, 3.05) is 25.5 Å². The molecule has 7 heteroatoms. The standard InChI is InChI=1S/C13H16N4O2S/c1-16-6-2-3-9(7-16)15-10-4-5-11-12(14-8-20-11)13(10)17(18)19/h4-5,8-9,15H,2-3,6-7H2,1H3. The molecule has 0 spiro atoms. The van der Waals surface area contributed by atoms with Crippen molar-refractivity contribution in [1.82, 2.24) is 9.88 Å². The molecular weight excluding hydrogens is 276 g/mol. The summed E-state index contributed by atoms with van der Waals surface area (Å²) in [4.78, 5) is 17.4. The normalized spacial score (nSPS) is 20.1. The van der Waals surface area contributed by atoms with E-state index < -0.39 is 0 Å². The van der Waals surface area contributed by atoms with Crippen LogP contribution in [0.25, 0.3) is 10.2 Å². The Labute approximate surface area is 120 Å². The van der Waals surface area contributed by atoms with Gasteiger partial charge in [0.15, 0.2) is 5.52 Å². The van der Waals surface area contributed by atoms with Crippen molar-refractivity contribution in [1.29, 1.82) is 0 Å². The number of nitrogens with one attached hydrogen (secondary N) is 1. The molecule has 1 unspecified atom stereocenters. The minimum Gasteiger partial charge on any atom is -0.375 e. The van der Waals surface area contributed by atoms with Crippen LogP contribution in [0.5, 0.6) is 0 Å². The minimum absolute atomic E-state index is 0.0944. The molecule has 1 fully saturated rings. The molecule has 1 aromatic carbocycles. The number of hydrogen-bond acceptors (Lipinski definition) is 6. The fraction of sp³-hybridized carbons (Fsp3) is 0.462. The molecule has 20 heavy (non-hydrogen) atoms. The van der Waals surface area contributed by atoms with Crippen LogP contribution in [0.1, 0.15) is 12.8 Å². The van der Waals surface area contributed by atoms with Crippen LogP contribution in [0.15, 0.2) is 17.6 Å². The van der Waals surface area contributed by atoms with E-state index >= 15 is 0 Å². The van der Waals surface area contributed by atoms with Crippen molar-refractivity contribution in [2.45, 2.75) is 18.9 Å². The molecule has 0 aliphatic carbocycles. The van der Waals surface area contributed by atoms with Gasteiger partial charge in [-0.3, -0.25) is 10.1 Å². The van der Waals surface area contributed by atoms with Gasteiger partial charge < -0.3 is 10.2 Å². The second-order valence-corrected chi connectivity index (χ2v) is 6.05. The monoisotopic (exact) mass is 292 g/mol. The van der Waals surface area contributed by atoms with Crippen molar-refractivity contribution < 1.29 is 4.92 Å². The van der Waals surface area contributed by atoms with Crippen molar-refractivity contribution in [3.8, 4) is 0 Å². The van der Waals surface area contributed by atoms with Gasteiger partial charge in [0.25, 0.3) is 0 Å². The number of nitrogens with zero attached hydrogens (tertiary/aromatic N) is 3. The van der Waals surface area contributed by atoms with E-state index in [1.165, 1.54) is 11.3 Å². The highest BCUT2D eigenvalue weighted by molar-refractivity contribution is 7.16. The Morgan fingerprint density at radius 2 is 2.40 bits per heavy atom. The predicted octanol–water partition coefficient (Wildman–Crippen LogP) is 2.71. The van der Waals surface area contributed by atoms with Gasteiger partial charge in [-0.25, -0.2) is 4.98 Å². The lowest BCUT2D eigenvalue weighted by molar-refractivity contribution is -0.382. The van der Waals surface area contributed by atoms with E-state index in [1.54, 1.807) is 11.6 Å².